The van der Waals surface area contributed by atoms with Crippen LogP contribution in [0.25, 0.3) is 11.1 Å². The summed E-state index contributed by atoms with van der Waals surface area (Å²) in [6.07, 6.45) is 0. The van der Waals surface area contributed by atoms with E-state index in [4.69, 9.17) is 23.2 Å². The number of rotatable bonds is 1. The van der Waals surface area contributed by atoms with E-state index in [1.54, 1.807) is 12.1 Å². The summed E-state index contributed by atoms with van der Waals surface area (Å²) in [6, 6.07) is 10.9. The summed E-state index contributed by atoms with van der Waals surface area (Å²) < 4.78 is 0. The molecule has 0 aromatic heterocycles. The van der Waals surface area contributed by atoms with Gasteiger partial charge in [0.15, 0.2) is 0 Å². The number of halogens is 2. The third-order valence-electron chi connectivity index (χ3n) is 2.53. The molecule has 16 heavy (non-hydrogen) atoms. The van der Waals surface area contributed by atoms with Gasteiger partial charge in [-0.05, 0) is 41.8 Å². The molecule has 0 saturated heterocycles. The summed E-state index contributed by atoms with van der Waals surface area (Å²) in [5.74, 6) is 0.0881. The van der Waals surface area contributed by atoms with Crippen LogP contribution in [0.4, 0.5) is 0 Å². The van der Waals surface area contributed by atoms with E-state index in [0.29, 0.717) is 5.02 Å². The van der Waals surface area contributed by atoms with Gasteiger partial charge in [-0.2, -0.15) is 0 Å². The summed E-state index contributed by atoms with van der Waals surface area (Å²) in [6.45, 7) is 1.96. The van der Waals surface area contributed by atoms with Crippen molar-refractivity contribution in [2.45, 2.75) is 6.92 Å². The van der Waals surface area contributed by atoms with Crippen LogP contribution in [0.3, 0.4) is 0 Å². The Morgan fingerprint density at radius 3 is 2.44 bits per heavy atom. The predicted octanol–water partition coefficient (Wildman–Crippen LogP) is 4.67. The Bertz CT molecular complexity index is 535. The van der Waals surface area contributed by atoms with Crippen molar-refractivity contribution in [1.82, 2.24) is 0 Å². The van der Waals surface area contributed by atoms with Crippen LogP contribution in [0.5, 0.6) is 5.75 Å². The number of aromatic hydroxyl groups is 1. The Hall–Kier alpha value is -1.18. The molecular formula is C13H10Cl2O. The van der Waals surface area contributed by atoms with E-state index in [0.717, 1.165) is 21.7 Å². The van der Waals surface area contributed by atoms with Gasteiger partial charge in [-0.3, -0.25) is 0 Å². The fourth-order valence-electron chi connectivity index (χ4n) is 1.59. The van der Waals surface area contributed by atoms with Crippen LogP contribution in [0, 0.1) is 6.92 Å². The Morgan fingerprint density at radius 2 is 1.75 bits per heavy atom. The van der Waals surface area contributed by atoms with E-state index < -0.39 is 0 Å². The molecule has 0 unspecified atom stereocenters. The van der Waals surface area contributed by atoms with E-state index >= 15 is 0 Å². The molecule has 0 bridgehead atoms. The van der Waals surface area contributed by atoms with Gasteiger partial charge in [-0.15, -0.1) is 0 Å². The molecule has 82 valence electrons. The standard InChI is InChI=1S/C13H10Cl2O/c1-8-10(3-2-4-11(8)14)9-5-6-13(16)12(15)7-9/h2-7,16H,1H3. The molecular weight excluding hydrogens is 243 g/mol. The first-order valence-electron chi connectivity index (χ1n) is 4.83. The maximum absolute atomic E-state index is 9.36. The molecule has 2 aromatic rings. The highest BCUT2D eigenvalue weighted by Crippen LogP contribution is 2.32. The predicted molar refractivity (Wildman–Crippen MR) is 68.3 cm³/mol. The lowest BCUT2D eigenvalue weighted by atomic mass is 10.0. The second-order valence-electron chi connectivity index (χ2n) is 3.58. The Labute approximate surface area is 104 Å². The summed E-state index contributed by atoms with van der Waals surface area (Å²) >= 11 is 11.9. The minimum Gasteiger partial charge on any atom is -0.506 e. The van der Waals surface area contributed by atoms with Crippen molar-refractivity contribution in [1.29, 1.82) is 0 Å². The average Bonchev–Trinajstić information content (AvgIpc) is 2.26. The van der Waals surface area contributed by atoms with Crippen molar-refractivity contribution in [3.8, 4) is 16.9 Å². The van der Waals surface area contributed by atoms with Crippen LogP contribution in [0.2, 0.25) is 10.0 Å². The molecule has 0 aliphatic rings. The van der Waals surface area contributed by atoms with Gasteiger partial charge in [0.1, 0.15) is 5.75 Å². The van der Waals surface area contributed by atoms with Crippen molar-refractivity contribution in [3.63, 3.8) is 0 Å². The molecule has 0 atom stereocenters. The third-order valence-corrected chi connectivity index (χ3v) is 3.24. The van der Waals surface area contributed by atoms with Crippen molar-refractivity contribution < 1.29 is 5.11 Å². The van der Waals surface area contributed by atoms with Crippen molar-refractivity contribution in [2.75, 3.05) is 0 Å². The largest absolute Gasteiger partial charge is 0.506 e. The number of hydrogen-bond donors (Lipinski definition) is 1. The minimum absolute atomic E-state index is 0.0881. The van der Waals surface area contributed by atoms with Crippen LogP contribution in [0.1, 0.15) is 5.56 Å². The van der Waals surface area contributed by atoms with E-state index in [1.165, 1.54) is 0 Å². The topological polar surface area (TPSA) is 20.2 Å². The van der Waals surface area contributed by atoms with Gasteiger partial charge in [0, 0.05) is 5.02 Å². The average molecular weight is 253 g/mol. The zero-order valence-corrected chi connectivity index (χ0v) is 10.2. The van der Waals surface area contributed by atoms with E-state index in [2.05, 4.69) is 0 Å². The van der Waals surface area contributed by atoms with Gasteiger partial charge in [0.2, 0.25) is 0 Å². The highest BCUT2D eigenvalue weighted by atomic mass is 35.5. The van der Waals surface area contributed by atoms with Crippen molar-refractivity contribution >= 4 is 23.2 Å². The highest BCUT2D eigenvalue weighted by molar-refractivity contribution is 6.32. The maximum Gasteiger partial charge on any atom is 0.134 e. The van der Waals surface area contributed by atoms with Gasteiger partial charge in [0.05, 0.1) is 5.02 Å². The Kier molecular flexibility index (Phi) is 3.08. The normalized spacial score (nSPS) is 10.4. The molecule has 0 fully saturated rings. The fourth-order valence-corrected chi connectivity index (χ4v) is 1.95. The maximum atomic E-state index is 9.36. The smallest absolute Gasteiger partial charge is 0.134 e. The highest BCUT2D eigenvalue weighted by Gasteiger charge is 2.06. The van der Waals surface area contributed by atoms with E-state index in [1.807, 2.05) is 31.2 Å². The Balaban J connectivity index is 2.59. The molecule has 1 nitrogen and oxygen atoms in total. The lowest BCUT2D eigenvalue weighted by Gasteiger charge is -2.08. The van der Waals surface area contributed by atoms with Crippen LogP contribution >= 0.6 is 23.2 Å². The zero-order chi connectivity index (χ0) is 11.7. The first-order chi connectivity index (χ1) is 7.59. The molecule has 0 spiro atoms. The third kappa shape index (κ3) is 2.01. The van der Waals surface area contributed by atoms with Gasteiger partial charge >= 0.3 is 0 Å². The lowest BCUT2D eigenvalue weighted by Crippen LogP contribution is -1.84. The van der Waals surface area contributed by atoms with E-state index in [9.17, 15) is 5.11 Å². The van der Waals surface area contributed by atoms with Gasteiger partial charge in [-0.1, -0.05) is 41.4 Å². The van der Waals surface area contributed by atoms with Crippen LogP contribution in [0.15, 0.2) is 36.4 Å². The first-order valence-corrected chi connectivity index (χ1v) is 5.59. The second-order valence-corrected chi connectivity index (χ2v) is 4.39. The molecule has 0 radical (unpaired) electrons. The molecule has 0 heterocycles. The molecule has 0 amide bonds. The second kappa shape index (κ2) is 4.36. The zero-order valence-electron chi connectivity index (χ0n) is 8.67. The van der Waals surface area contributed by atoms with Crippen molar-refractivity contribution in [3.05, 3.63) is 52.0 Å². The summed E-state index contributed by atoms with van der Waals surface area (Å²) in [4.78, 5) is 0. The molecule has 0 saturated carbocycles. The quantitative estimate of drug-likeness (QED) is 0.782. The van der Waals surface area contributed by atoms with Crippen LogP contribution in [-0.2, 0) is 0 Å². The Morgan fingerprint density at radius 1 is 1.00 bits per heavy atom. The van der Waals surface area contributed by atoms with Crippen LogP contribution < -0.4 is 0 Å². The van der Waals surface area contributed by atoms with Crippen LogP contribution in [-0.4, -0.2) is 5.11 Å². The SMILES string of the molecule is Cc1c(Cl)cccc1-c1ccc(O)c(Cl)c1. The van der Waals surface area contributed by atoms with Crippen molar-refractivity contribution in [2.24, 2.45) is 0 Å². The van der Waals surface area contributed by atoms with Gasteiger partial charge < -0.3 is 5.11 Å². The number of benzene rings is 2. The summed E-state index contributed by atoms with van der Waals surface area (Å²) in [5.41, 5.74) is 2.98. The van der Waals surface area contributed by atoms with Gasteiger partial charge in [-0.25, -0.2) is 0 Å². The molecule has 0 aliphatic heterocycles. The number of hydrogen-bond acceptors (Lipinski definition) is 1. The minimum atomic E-state index is 0.0881. The van der Waals surface area contributed by atoms with E-state index in [-0.39, 0.29) is 5.75 Å². The first kappa shape index (κ1) is 11.3. The lowest BCUT2D eigenvalue weighted by molar-refractivity contribution is 0.475. The molecule has 3 heteroatoms. The summed E-state index contributed by atoms with van der Waals surface area (Å²) in [5, 5.41) is 10.4. The summed E-state index contributed by atoms with van der Waals surface area (Å²) in [7, 11) is 0. The number of phenols is 1. The monoisotopic (exact) mass is 252 g/mol. The molecule has 2 aromatic carbocycles. The molecule has 2 rings (SSSR count). The molecule has 1 N–H and O–H groups in total. The molecule has 0 aliphatic carbocycles. The van der Waals surface area contributed by atoms with Gasteiger partial charge in [0.25, 0.3) is 0 Å². The fraction of sp³-hybridized carbons (Fsp3) is 0.0769. The number of phenolic OH excluding ortho intramolecular Hbond substituents is 1.